The van der Waals surface area contributed by atoms with E-state index in [-0.39, 0.29) is 5.82 Å². The van der Waals surface area contributed by atoms with Gasteiger partial charge in [-0.1, -0.05) is 12.1 Å². The van der Waals surface area contributed by atoms with E-state index in [9.17, 15) is 9.50 Å². The fourth-order valence-electron chi connectivity index (χ4n) is 1.30. The highest BCUT2D eigenvalue weighted by atomic mass is 19.1. The fraction of sp³-hybridized carbons (Fsp3) is 0.455. The Morgan fingerprint density at radius 3 is 2.93 bits per heavy atom. The van der Waals surface area contributed by atoms with E-state index in [1.807, 2.05) is 0 Å². The van der Waals surface area contributed by atoms with E-state index in [1.54, 1.807) is 12.1 Å². The van der Waals surface area contributed by atoms with Gasteiger partial charge in [0.2, 0.25) is 0 Å². The number of hydrogen-bond donors (Lipinski definition) is 3. The Labute approximate surface area is 89.1 Å². The van der Waals surface area contributed by atoms with Crippen LogP contribution in [0.2, 0.25) is 0 Å². The Hall–Kier alpha value is -0.970. The number of hydrogen-bond acceptors (Lipinski definition) is 3. The van der Waals surface area contributed by atoms with Crippen LogP contribution in [-0.4, -0.2) is 24.7 Å². The van der Waals surface area contributed by atoms with E-state index in [2.05, 4.69) is 5.32 Å². The molecule has 1 rings (SSSR count). The molecule has 0 aliphatic carbocycles. The Balaban J connectivity index is 2.36. The molecule has 4 heteroatoms. The summed E-state index contributed by atoms with van der Waals surface area (Å²) in [4.78, 5) is 0. The van der Waals surface area contributed by atoms with Gasteiger partial charge in [0.25, 0.3) is 0 Å². The standard InChI is InChI=1S/C11H17FN2O/c12-10-4-1-3-9(7-10)11(15)8-14-6-2-5-13/h1,3-4,7,11,14-15H,2,5-6,8,13H2. The predicted molar refractivity (Wildman–Crippen MR) is 57.9 cm³/mol. The van der Waals surface area contributed by atoms with E-state index in [0.717, 1.165) is 13.0 Å². The maximum atomic E-state index is 12.8. The molecule has 1 aromatic rings. The van der Waals surface area contributed by atoms with Gasteiger partial charge in [0.05, 0.1) is 6.10 Å². The second-order valence-electron chi connectivity index (χ2n) is 3.42. The minimum atomic E-state index is -0.668. The molecule has 0 radical (unpaired) electrons. The molecule has 0 aliphatic heterocycles. The van der Waals surface area contributed by atoms with Gasteiger partial charge in [-0.15, -0.1) is 0 Å². The number of rotatable bonds is 6. The molecule has 0 spiro atoms. The van der Waals surface area contributed by atoms with Crippen molar-refractivity contribution in [2.24, 2.45) is 5.73 Å². The number of halogens is 1. The van der Waals surface area contributed by atoms with E-state index in [4.69, 9.17) is 5.73 Å². The lowest BCUT2D eigenvalue weighted by molar-refractivity contribution is 0.174. The van der Waals surface area contributed by atoms with E-state index in [1.165, 1.54) is 12.1 Å². The summed E-state index contributed by atoms with van der Waals surface area (Å²) >= 11 is 0. The SMILES string of the molecule is NCCCNCC(O)c1cccc(F)c1. The number of nitrogens with two attached hydrogens (primary N) is 1. The van der Waals surface area contributed by atoms with Crippen LogP contribution in [0.5, 0.6) is 0 Å². The molecular formula is C11H17FN2O. The van der Waals surface area contributed by atoms with Crippen LogP contribution in [0.4, 0.5) is 4.39 Å². The van der Waals surface area contributed by atoms with Gasteiger partial charge >= 0.3 is 0 Å². The third kappa shape index (κ3) is 4.38. The van der Waals surface area contributed by atoms with Crippen molar-refractivity contribution in [1.82, 2.24) is 5.32 Å². The summed E-state index contributed by atoms with van der Waals surface area (Å²) in [6.07, 6.45) is 0.203. The van der Waals surface area contributed by atoms with Crippen LogP contribution in [0.1, 0.15) is 18.1 Å². The molecule has 84 valence electrons. The van der Waals surface area contributed by atoms with Crippen molar-refractivity contribution < 1.29 is 9.50 Å². The summed E-state index contributed by atoms with van der Waals surface area (Å²) in [5.74, 6) is -0.325. The largest absolute Gasteiger partial charge is 0.387 e. The molecule has 0 aromatic heterocycles. The Bertz CT molecular complexity index is 294. The third-order valence-electron chi connectivity index (χ3n) is 2.13. The van der Waals surface area contributed by atoms with Gasteiger partial charge in [-0.3, -0.25) is 0 Å². The molecule has 0 bridgehead atoms. The van der Waals surface area contributed by atoms with Gasteiger partial charge in [-0.05, 0) is 37.2 Å². The first kappa shape index (κ1) is 12.1. The first-order valence-electron chi connectivity index (χ1n) is 5.08. The third-order valence-corrected chi connectivity index (χ3v) is 2.13. The van der Waals surface area contributed by atoms with Crippen LogP contribution in [0.3, 0.4) is 0 Å². The van der Waals surface area contributed by atoms with Gasteiger partial charge in [-0.25, -0.2) is 4.39 Å². The summed E-state index contributed by atoms with van der Waals surface area (Å²) < 4.78 is 12.8. The van der Waals surface area contributed by atoms with Gasteiger partial charge < -0.3 is 16.2 Å². The van der Waals surface area contributed by atoms with Crippen LogP contribution in [0, 0.1) is 5.82 Å². The van der Waals surface area contributed by atoms with Crippen LogP contribution in [0.25, 0.3) is 0 Å². The summed E-state index contributed by atoms with van der Waals surface area (Å²) in [6.45, 7) is 1.81. The van der Waals surface area contributed by atoms with E-state index >= 15 is 0 Å². The van der Waals surface area contributed by atoms with Gasteiger partial charge in [0, 0.05) is 6.54 Å². The Kier molecular flexibility index (Phi) is 5.25. The van der Waals surface area contributed by atoms with Crippen molar-refractivity contribution in [2.45, 2.75) is 12.5 Å². The molecule has 0 fully saturated rings. The minimum Gasteiger partial charge on any atom is -0.387 e. The molecule has 0 saturated heterocycles. The smallest absolute Gasteiger partial charge is 0.123 e. The molecule has 0 amide bonds. The van der Waals surface area contributed by atoms with Crippen molar-refractivity contribution in [3.63, 3.8) is 0 Å². The van der Waals surface area contributed by atoms with Crippen molar-refractivity contribution in [3.05, 3.63) is 35.6 Å². The first-order chi connectivity index (χ1) is 7.24. The minimum absolute atomic E-state index is 0.325. The van der Waals surface area contributed by atoms with Crippen LogP contribution in [-0.2, 0) is 0 Å². The predicted octanol–water partition coefficient (Wildman–Crippen LogP) is 0.797. The lowest BCUT2D eigenvalue weighted by Crippen LogP contribution is -2.24. The highest BCUT2D eigenvalue weighted by molar-refractivity contribution is 5.18. The first-order valence-corrected chi connectivity index (χ1v) is 5.08. The molecular weight excluding hydrogens is 195 g/mol. The normalized spacial score (nSPS) is 12.7. The summed E-state index contributed by atoms with van der Waals surface area (Å²) in [6, 6.07) is 6.00. The molecule has 0 saturated carbocycles. The molecule has 1 aromatic carbocycles. The molecule has 15 heavy (non-hydrogen) atoms. The van der Waals surface area contributed by atoms with E-state index in [0.29, 0.717) is 18.7 Å². The van der Waals surface area contributed by atoms with Crippen molar-refractivity contribution in [1.29, 1.82) is 0 Å². The lowest BCUT2D eigenvalue weighted by Gasteiger charge is -2.11. The Morgan fingerprint density at radius 2 is 2.27 bits per heavy atom. The molecule has 3 nitrogen and oxygen atoms in total. The highest BCUT2D eigenvalue weighted by Gasteiger charge is 2.06. The number of benzene rings is 1. The second-order valence-corrected chi connectivity index (χ2v) is 3.42. The Morgan fingerprint density at radius 1 is 1.47 bits per heavy atom. The number of aliphatic hydroxyl groups excluding tert-OH is 1. The zero-order valence-corrected chi connectivity index (χ0v) is 8.62. The van der Waals surface area contributed by atoms with Crippen LogP contribution >= 0.6 is 0 Å². The quantitative estimate of drug-likeness (QED) is 0.611. The highest BCUT2D eigenvalue weighted by Crippen LogP contribution is 2.12. The van der Waals surface area contributed by atoms with Crippen LogP contribution < -0.4 is 11.1 Å². The van der Waals surface area contributed by atoms with Crippen molar-refractivity contribution in [3.8, 4) is 0 Å². The monoisotopic (exact) mass is 212 g/mol. The molecule has 0 heterocycles. The maximum Gasteiger partial charge on any atom is 0.123 e. The van der Waals surface area contributed by atoms with Crippen LogP contribution in [0.15, 0.2) is 24.3 Å². The van der Waals surface area contributed by atoms with Crippen molar-refractivity contribution in [2.75, 3.05) is 19.6 Å². The maximum absolute atomic E-state index is 12.8. The molecule has 0 aliphatic rings. The summed E-state index contributed by atoms with van der Waals surface area (Å²) in [5, 5.41) is 12.7. The molecule has 4 N–H and O–H groups in total. The number of nitrogens with one attached hydrogen (secondary N) is 1. The topological polar surface area (TPSA) is 58.3 Å². The summed E-state index contributed by atoms with van der Waals surface area (Å²) in [5.41, 5.74) is 5.92. The van der Waals surface area contributed by atoms with Gasteiger partial charge in [0.15, 0.2) is 0 Å². The number of aliphatic hydroxyl groups is 1. The average Bonchev–Trinajstić information content (AvgIpc) is 2.24. The second kappa shape index (κ2) is 6.50. The zero-order chi connectivity index (χ0) is 11.1. The fourth-order valence-corrected chi connectivity index (χ4v) is 1.30. The molecule has 1 atom stereocenters. The van der Waals surface area contributed by atoms with Crippen molar-refractivity contribution >= 4 is 0 Å². The summed E-state index contributed by atoms with van der Waals surface area (Å²) in [7, 11) is 0. The molecule has 1 unspecified atom stereocenters. The average molecular weight is 212 g/mol. The van der Waals surface area contributed by atoms with Gasteiger partial charge in [0.1, 0.15) is 5.82 Å². The zero-order valence-electron chi connectivity index (χ0n) is 8.62. The lowest BCUT2D eigenvalue weighted by atomic mass is 10.1. The van der Waals surface area contributed by atoms with Gasteiger partial charge in [-0.2, -0.15) is 0 Å². The van der Waals surface area contributed by atoms with E-state index < -0.39 is 6.10 Å².